The fourth-order valence-corrected chi connectivity index (χ4v) is 2.67. The lowest BCUT2D eigenvalue weighted by Crippen LogP contribution is -2.18. The van der Waals surface area contributed by atoms with Gasteiger partial charge in [-0.05, 0) is 32.6 Å². The maximum Gasteiger partial charge on any atom is 0.254 e. The van der Waals surface area contributed by atoms with Crippen LogP contribution >= 0.6 is 0 Å². The molecule has 0 saturated carbocycles. The Hall–Kier alpha value is -1.91. The molecule has 3 rings (SSSR count). The van der Waals surface area contributed by atoms with Gasteiger partial charge in [-0.1, -0.05) is 6.42 Å². The van der Waals surface area contributed by atoms with Crippen LogP contribution in [0.5, 0.6) is 0 Å². The summed E-state index contributed by atoms with van der Waals surface area (Å²) in [7, 11) is 0. The molecule has 5 nitrogen and oxygen atoms in total. The molecule has 1 aliphatic rings. The highest BCUT2D eigenvalue weighted by atomic mass is 16.1. The van der Waals surface area contributed by atoms with Gasteiger partial charge < -0.3 is 9.55 Å². The minimum absolute atomic E-state index is 0.0192. The molecule has 0 aromatic carbocycles. The van der Waals surface area contributed by atoms with Crippen molar-refractivity contribution in [3.8, 4) is 11.5 Å². The summed E-state index contributed by atoms with van der Waals surface area (Å²) in [6.07, 6.45) is 8.67. The van der Waals surface area contributed by atoms with Gasteiger partial charge in [0.15, 0.2) is 5.82 Å². The molecule has 2 heterocycles. The molecule has 0 aliphatic heterocycles. The molecule has 0 bridgehead atoms. The van der Waals surface area contributed by atoms with Gasteiger partial charge in [-0.3, -0.25) is 4.79 Å². The maximum atomic E-state index is 12.2. The first kappa shape index (κ1) is 12.1. The summed E-state index contributed by atoms with van der Waals surface area (Å²) in [5.74, 6) is 0.644. The summed E-state index contributed by atoms with van der Waals surface area (Å²) in [5, 5.41) is 0. The van der Waals surface area contributed by atoms with E-state index >= 15 is 0 Å². The summed E-state index contributed by atoms with van der Waals surface area (Å²) in [6, 6.07) is 0. The first-order valence-electron chi connectivity index (χ1n) is 6.92. The average molecular weight is 258 g/mol. The minimum Gasteiger partial charge on any atom is -0.328 e. The predicted octanol–water partition coefficient (Wildman–Crippen LogP) is 1.92. The van der Waals surface area contributed by atoms with E-state index in [2.05, 4.69) is 15.0 Å². The summed E-state index contributed by atoms with van der Waals surface area (Å²) in [6.45, 7) is 2.86. The van der Waals surface area contributed by atoms with Crippen LogP contribution in [-0.4, -0.2) is 19.5 Å². The van der Waals surface area contributed by atoms with Gasteiger partial charge in [-0.15, -0.1) is 0 Å². The summed E-state index contributed by atoms with van der Waals surface area (Å²) >= 11 is 0. The standard InChI is InChI=1S/C14H18N4O/c1-2-18-9-15-8-12(18)13-16-11-7-5-3-4-6-10(11)14(19)17-13/h8-9H,2-7H2,1H3,(H,16,17,19). The number of hydrogen-bond acceptors (Lipinski definition) is 3. The first-order chi connectivity index (χ1) is 9.29. The molecule has 5 heteroatoms. The van der Waals surface area contributed by atoms with E-state index in [0.717, 1.165) is 49.2 Å². The Morgan fingerprint density at radius 3 is 3.00 bits per heavy atom. The van der Waals surface area contributed by atoms with E-state index in [-0.39, 0.29) is 5.56 Å². The Morgan fingerprint density at radius 1 is 1.32 bits per heavy atom. The van der Waals surface area contributed by atoms with E-state index in [1.54, 1.807) is 12.5 Å². The molecule has 1 N–H and O–H groups in total. The maximum absolute atomic E-state index is 12.2. The number of nitrogens with one attached hydrogen (secondary N) is 1. The fourth-order valence-electron chi connectivity index (χ4n) is 2.67. The van der Waals surface area contributed by atoms with E-state index in [0.29, 0.717) is 5.82 Å². The zero-order chi connectivity index (χ0) is 13.2. The van der Waals surface area contributed by atoms with E-state index in [1.165, 1.54) is 6.42 Å². The number of fused-ring (bicyclic) bond motifs is 1. The third-order valence-electron chi connectivity index (χ3n) is 3.74. The molecule has 2 aromatic rings. The largest absolute Gasteiger partial charge is 0.328 e. The average Bonchev–Trinajstić information content (AvgIpc) is 2.76. The number of hydrogen-bond donors (Lipinski definition) is 1. The third-order valence-corrected chi connectivity index (χ3v) is 3.74. The first-order valence-corrected chi connectivity index (χ1v) is 6.92. The molecular formula is C14H18N4O. The lowest BCUT2D eigenvalue weighted by atomic mass is 10.1. The van der Waals surface area contributed by atoms with Gasteiger partial charge in [0.2, 0.25) is 0 Å². The molecule has 0 amide bonds. The summed E-state index contributed by atoms with van der Waals surface area (Å²) < 4.78 is 1.99. The van der Waals surface area contributed by atoms with Crippen molar-refractivity contribution in [1.29, 1.82) is 0 Å². The lowest BCUT2D eigenvalue weighted by Gasteiger charge is -2.08. The third kappa shape index (κ3) is 2.20. The zero-order valence-corrected chi connectivity index (χ0v) is 11.1. The Bertz CT molecular complexity index is 641. The van der Waals surface area contributed by atoms with Crippen LogP contribution in [0.25, 0.3) is 11.5 Å². The number of imidazole rings is 1. The highest BCUT2D eigenvalue weighted by molar-refractivity contribution is 5.49. The van der Waals surface area contributed by atoms with Crippen LogP contribution in [0.4, 0.5) is 0 Å². The van der Waals surface area contributed by atoms with Crippen LogP contribution in [0.2, 0.25) is 0 Å². The van der Waals surface area contributed by atoms with Gasteiger partial charge in [-0.2, -0.15) is 0 Å². The molecular weight excluding hydrogens is 240 g/mol. The minimum atomic E-state index is 0.0192. The van der Waals surface area contributed by atoms with Crippen molar-refractivity contribution in [2.45, 2.75) is 45.6 Å². The molecule has 0 spiro atoms. The van der Waals surface area contributed by atoms with E-state index in [9.17, 15) is 4.79 Å². The van der Waals surface area contributed by atoms with Crippen molar-refractivity contribution < 1.29 is 0 Å². The van der Waals surface area contributed by atoms with Crippen LogP contribution in [-0.2, 0) is 19.4 Å². The van der Waals surface area contributed by atoms with Gasteiger partial charge in [-0.25, -0.2) is 9.97 Å². The Labute approximate surface area is 111 Å². The molecule has 2 aromatic heterocycles. The normalized spacial score (nSPS) is 15.0. The highest BCUT2D eigenvalue weighted by Gasteiger charge is 2.16. The number of aryl methyl sites for hydroxylation is 2. The smallest absolute Gasteiger partial charge is 0.254 e. The monoisotopic (exact) mass is 258 g/mol. The highest BCUT2D eigenvalue weighted by Crippen LogP contribution is 2.19. The second kappa shape index (κ2) is 4.99. The number of nitrogens with zero attached hydrogens (tertiary/aromatic N) is 3. The van der Waals surface area contributed by atoms with Gasteiger partial charge in [0.1, 0.15) is 5.69 Å². The molecule has 100 valence electrons. The number of aromatic amines is 1. The summed E-state index contributed by atoms with van der Waals surface area (Å²) in [4.78, 5) is 23.9. The van der Waals surface area contributed by atoms with Crippen molar-refractivity contribution >= 4 is 0 Å². The van der Waals surface area contributed by atoms with Gasteiger partial charge >= 0.3 is 0 Å². The quantitative estimate of drug-likeness (QED) is 0.837. The van der Waals surface area contributed by atoms with Crippen LogP contribution in [0.1, 0.15) is 37.4 Å². The Balaban J connectivity index is 2.12. The molecule has 19 heavy (non-hydrogen) atoms. The van der Waals surface area contributed by atoms with Crippen LogP contribution in [0.3, 0.4) is 0 Å². The molecule has 0 radical (unpaired) electrons. The van der Waals surface area contributed by atoms with Gasteiger partial charge in [0, 0.05) is 12.1 Å². The second-order valence-corrected chi connectivity index (χ2v) is 4.97. The zero-order valence-electron chi connectivity index (χ0n) is 11.1. The number of H-pyrrole nitrogens is 1. The molecule has 0 fully saturated rings. The van der Waals surface area contributed by atoms with E-state index in [4.69, 9.17) is 0 Å². The van der Waals surface area contributed by atoms with Crippen molar-refractivity contribution in [2.75, 3.05) is 0 Å². The molecule has 0 saturated heterocycles. The van der Waals surface area contributed by atoms with E-state index < -0.39 is 0 Å². The van der Waals surface area contributed by atoms with Crippen LogP contribution in [0, 0.1) is 0 Å². The lowest BCUT2D eigenvalue weighted by molar-refractivity contribution is 0.708. The SMILES string of the molecule is CCn1cncc1-c1nc2c(c(=O)[nH]1)CCCCC2. The van der Waals surface area contributed by atoms with Gasteiger partial charge in [0.05, 0.1) is 18.2 Å². The van der Waals surface area contributed by atoms with E-state index in [1.807, 2.05) is 11.5 Å². The van der Waals surface area contributed by atoms with Gasteiger partial charge in [0.25, 0.3) is 5.56 Å². The van der Waals surface area contributed by atoms with Crippen LogP contribution in [0.15, 0.2) is 17.3 Å². The van der Waals surface area contributed by atoms with Crippen molar-refractivity contribution in [1.82, 2.24) is 19.5 Å². The topological polar surface area (TPSA) is 63.6 Å². The molecule has 0 atom stereocenters. The molecule has 0 unspecified atom stereocenters. The fraction of sp³-hybridized carbons (Fsp3) is 0.500. The van der Waals surface area contributed by atoms with Crippen molar-refractivity contribution in [3.63, 3.8) is 0 Å². The predicted molar refractivity (Wildman–Crippen MR) is 73.0 cm³/mol. The molecule has 1 aliphatic carbocycles. The van der Waals surface area contributed by atoms with Crippen molar-refractivity contribution in [3.05, 3.63) is 34.1 Å². The van der Waals surface area contributed by atoms with Crippen molar-refractivity contribution in [2.24, 2.45) is 0 Å². The number of rotatable bonds is 2. The number of aromatic nitrogens is 4. The summed E-state index contributed by atoms with van der Waals surface area (Å²) in [5.41, 5.74) is 2.75. The van der Waals surface area contributed by atoms with Crippen LogP contribution < -0.4 is 5.56 Å². The second-order valence-electron chi connectivity index (χ2n) is 4.97. The Kier molecular flexibility index (Phi) is 3.19. The Morgan fingerprint density at radius 2 is 2.16 bits per heavy atom.